The molecule has 41 heavy (non-hydrogen) atoms. The maximum absolute atomic E-state index is 13.8. The Morgan fingerprint density at radius 2 is 1.93 bits per heavy atom. The van der Waals surface area contributed by atoms with E-state index >= 15 is 0 Å². The summed E-state index contributed by atoms with van der Waals surface area (Å²) in [4.78, 5) is 29.7. The Morgan fingerprint density at radius 1 is 1.17 bits per heavy atom. The third kappa shape index (κ3) is 5.19. The second-order valence-electron chi connectivity index (χ2n) is 9.82. The Labute approximate surface area is 233 Å². The van der Waals surface area contributed by atoms with Gasteiger partial charge in [-0.25, -0.2) is 4.98 Å². The van der Waals surface area contributed by atoms with Crippen molar-refractivity contribution in [2.45, 2.75) is 45.3 Å². The molecule has 1 aliphatic heterocycles. The van der Waals surface area contributed by atoms with E-state index in [-0.39, 0.29) is 36.9 Å². The minimum atomic E-state index is -5.12. The van der Waals surface area contributed by atoms with Crippen molar-refractivity contribution in [1.29, 1.82) is 0 Å². The molecule has 11 heteroatoms. The Hall–Kier alpha value is -4.54. The fourth-order valence-electron chi connectivity index (χ4n) is 5.21. The zero-order chi connectivity index (χ0) is 29.5. The predicted octanol–water partition coefficient (Wildman–Crippen LogP) is 5.74. The molecule has 0 radical (unpaired) electrons. The number of carbonyl (C=O) groups is 2. The number of ether oxygens (including phenoxy) is 2. The van der Waals surface area contributed by atoms with Gasteiger partial charge in [-0.1, -0.05) is 31.2 Å². The van der Waals surface area contributed by atoms with Crippen molar-refractivity contribution in [2.75, 3.05) is 18.6 Å². The highest BCUT2D eigenvalue weighted by Crippen LogP contribution is 2.40. The van der Waals surface area contributed by atoms with Gasteiger partial charge in [0.1, 0.15) is 22.8 Å². The first-order valence-corrected chi connectivity index (χ1v) is 13.0. The summed E-state index contributed by atoms with van der Waals surface area (Å²) in [5.74, 6) is -1.72. The molecule has 0 saturated carbocycles. The number of phenols is 1. The zero-order valence-electron chi connectivity index (χ0n) is 22.7. The molecule has 4 aromatic rings. The summed E-state index contributed by atoms with van der Waals surface area (Å²) in [6.07, 6.45) is -4.50. The molecule has 0 saturated heterocycles. The average Bonchev–Trinajstić information content (AvgIpc) is 3.53. The number of esters is 1. The SMILES string of the molecule is CCc1nc2c(O)cccc2n1-c1cccc(CN(C(=O)C(F)(F)F)c2ccc3c(c2)OC[C@H]3CC(=O)OC)c1C. The maximum Gasteiger partial charge on any atom is 0.471 e. The van der Waals surface area contributed by atoms with E-state index in [2.05, 4.69) is 4.98 Å². The van der Waals surface area contributed by atoms with Crippen LogP contribution in [-0.4, -0.2) is 46.4 Å². The number of anilines is 1. The molecule has 8 nitrogen and oxygen atoms in total. The topological polar surface area (TPSA) is 93.9 Å². The minimum absolute atomic E-state index is 0.0156. The molecule has 1 atom stereocenters. The molecule has 0 spiro atoms. The van der Waals surface area contributed by atoms with Crippen molar-refractivity contribution in [2.24, 2.45) is 0 Å². The molecule has 0 unspecified atom stereocenters. The summed E-state index contributed by atoms with van der Waals surface area (Å²) in [5, 5.41) is 10.3. The van der Waals surface area contributed by atoms with Gasteiger partial charge < -0.3 is 19.5 Å². The Bertz CT molecular complexity index is 1650. The van der Waals surface area contributed by atoms with Crippen molar-refractivity contribution in [3.63, 3.8) is 0 Å². The number of amides is 1. The standard InChI is InChI=1S/C30H28F3N3O5/c1-4-26-34-28-23(9-6-10-24(28)37)36(26)22-8-5-7-18(17(22)2)15-35(29(39)30(31,32)33)20-11-12-21-19(13-27(38)40-3)16-41-25(21)14-20/h5-12,14,19,37H,4,13,15-16H2,1-3H3/t19-/m1/s1. The Balaban J connectivity index is 1.55. The molecule has 0 bridgehead atoms. The van der Waals surface area contributed by atoms with Crippen LogP contribution in [0.4, 0.5) is 18.9 Å². The molecule has 5 rings (SSSR count). The number of aryl methyl sites for hydroxylation is 1. The fourth-order valence-corrected chi connectivity index (χ4v) is 5.21. The lowest BCUT2D eigenvalue weighted by Crippen LogP contribution is -2.41. The van der Waals surface area contributed by atoms with Gasteiger partial charge in [0.15, 0.2) is 0 Å². The lowest BCUT2D eigenvalue weighted by Gasteiger charge is -2.26. The Kier molecular flexibility index (Phi) is 7.37. The monoisotopic (exact) mass is 567 g/mol. The lowest BCUT2D eigenvalue weighted by molar-refractivity contribution is -0.170. The first-order chi connectivity index (χ1) is 19.5. The number of alkyl halides is 3. The van der Waals surface area contributed by atoms with Crippen molar-refractivity contribution in [1.82, 2.24) is 9.55 Å². The number of aromatic hydroxyl groups is 1. The third-order valence-corrected chi connectivity index (χ3v) is 7.35. The van der Waals surface area contributed by atoms with Gasteiger partial charge in [-0.2, -0.15) is 13.2 Å². The number of rotatable bonds is 7. The van der Waals surface area contributed by atoms with Gasteiger partial charge in [0.05, 0.1) is 37.9 Å². The van der Waals surface area contributed by atoms with E-state index in [1.165, 1.54) is 19.2 Å². The molecular weight excluding hydrogens is 539 g/mol. The second-order valence-corrected chi connectivity index (χ2v) is 9.82. The quantitative estimate of drug-likeness (QED) is 0.287. The van der Waals surface area contributed by atoms with Crippen LogP contribution in [0.3, 0.4) is 0 Å². The van der Waals surface area contributed by atoms with Gasteiger partial charge in [-0.15, -0.1) is 0 Å². The van der Waals surface area contributed by atoms with Gasteiger partial charge >= 0.3 is 18.1 Å². The fraction of sp³-hybridized carbons (Fsp3) is 0.300. The van der Waals surface area contributed by atoms with E-state index in [0.717, 1.165) is 0 Å². The van der Waals surface area contributed by atoms with Crippen molar-refractivity contribution < 1.29 is 37.3 Å². The van der Waals surface area contributed by atoms with Crippen molar-refractivity contribution in [3.05, 3.63) is 77.1 Å². The maximum atomic E-state index is 13.8. The molecule has 1 aromatic heterocycles. The molecule has 2 heterocycles. The van der Waals surface area contributed by atoms with E-state index in [1.807, 2.05) is 23.6 Å². The van der Waals surface area contributed by atoms with Gasteiger partial charge in [0.25, 0.3) is 0 Å². The van der Waals surface area contributed by atoms with Crippen LogP contribution in [0.25, 0.3) is 16.7 Å². The van der Waals surface area contributed by atoms with Gasteiger partial charge in [-0.05, 0) is 42.3 Å². The Morgan fingerprint density at radius 3 is 2.63 bits per heavy atom. The van der Waals surface area contributed by atoms with Crippen molar-refractivity contribution >= 4 is 28.6 Å². The molecule has 1 amide bonds. The normalized spacial score (nSPS) is 14.5. The van der Waals surface area contributed by atoms with E-state index in [1.54, 1.807) is 37.3 Å². The molecule has 214 valence electrons. The van der Waals surface area contributed by atoms with Gasteiger partial charge in [-0.3, -0.25) is 14.2 Å². The number of methoxy groups -OCH3 is 1. The number of aromatic nitrogens is 2. The number of hydrogen-bond donors (Lipinski definition) is 1. The zero-order valence-corrected chi connectivity index (χ0v) is 22.7. The lowest BCUT2D eigenvalue weighted by atomic mass is 9.97. The first kappa shape index (κ1) is 28.0. The number of phenolic OH excluding ortho intramolecular Hbond substituents is 1. The van der Waals surface area contributed by atoms with E-state index in [9.17, 15) is 27.9 Å². The summed E-state index contributed by atoms with van der Waals surface area (Å²) in [6.45, 7) is 3.51. The summed E-state index contributed by atoms with van der Waals surface area (Å²) >= 11 is 0. The predicted molar refractivity (Wildman–Crippen MR) is 145 cm³/mol. The number of nitrogens with zero attached hydrogens (tertiary/aromatic N) is 3. The largest absolute Gasteiger partial charge is 0.506 e. The van der Waals surface area contributed by atoms with E-state index < -0.39 is 18.1 Å². The number of carbonyl (C=O) groups excluding carboxylic acids is 2. The molecule has 3 aromatic carbocycles. The number of halogens is 3. The third-order valence-electron chi connectivity index (χ3n) is 7.35. The van der Waals surface area contributed by atoms with Crippen LogP contribution < -0.4 is 9.64 Å². The van der Waals surface area contributed by atoms with Crippen LogP contribution in [0.2, 0.25) is 0 Å². The summed E-state index contributed by atoms with van der Waals surface area (Å²) < 4.78 is 53.7. The number of benzene rings is 3. The summed E-state index contributed by atoms with van der Waals surface area (Å²) in [6, 6.07) is 14.7. The van der Waals surface area contributed by atoms with Gasteiger partial charge in [0.2, 0.25) is 0 Å². The van der Waals surface area contributed by atoms with Crippen LogP contribution in [0, 0.1) is 6.92 Å². The number of fused-ring (bicyclic) bond motifs is 2. The first-order valence-electron chi connectivity index (χ1n) is 13.0. The molecule has 0 aliphatic carbocycles. The smallest absolute Gasteiger partial charge is 0.471 e. The number of imidazole rings is 1. The van der Waals surface area contributed by atoms with Gasteiger partial charge in [0, 0.05) is 29.7 Å². The number of hydrogen-bond acceptors (Lipinski definition) is 6. The van der Waals surface area contributed by atoms with E-state index in [0.29, 0.717) is 56.3 Å². The van der Waals surface area contributed by atoms with Crippen molar-refractivity contribution in [3.8, 4) is 17.2 Å². The highest BCUT2D eigenvalue weighted by atomic mass is 19.4. The van der Waals surface area contributed by atoms with Crippen LogP contribution >= 0.6 is 0 Å². The minimum Gasteiger partial charge on any atom is -0.506 e. The summed E-state index contributed by atoms with van der Waals surface area (Å²) in [7, 11) is 1.28. The highest BCUT2D eigenvalue weighted by molar-refractivity contribution is 5.97. The highest BCUT2D eigenvalue weighted by Gasteiger charge is 2.43. The molecular formula is C30H28F3N3O5. The second kappa shape index (κ2) is 10.8. The summed E-state index contributed by atoms with van der Waals surface area (Å²) in [5.41, 5.74) is 3.58. The van der Waals surface area contributed by atoms with Crippen LogP contribution in [-0.2, 0) is 27.3 Å². The van der Waals surface area contributed by atoms with E-state index in [4.69, 9.17) is 9.47 Å². The van der Waals surface area contributed by atoms with Crippen LogP contribution in [0.15, 0.2) is 54.6 Å². The average molecular weight is 568 g/mol. The molecule has 1 aliphatic rings. The van der Waals surface area contributed by atoms with Crippen LogP contribution in [0.5, 0.6) is 11.5 Å². The molecule has 1 N–H and O–H groups in total. The van der Waals surface area contributed by atoms with Crippen LogP contribution in [0.1, 0.15) is 41.8 Å². The number of para-hydroxylation sites is 1. The molecule has 0 fully saturated rings.